The first-order valence-electron chi connectivity index (χ1n) is 9.51. The molecule has 10 heteroatoms. The zero-order chi connectivity index (χ0) is 21.1. The van der Waals surface area contributed by atoms with E-state index in [0.29, 0.717) is 25.1 Å². The number of hydrogen-bond acceptors (Lipinski definition) is 7. The lowest BCUT2D eigenvalue weighted by molar-refractivity contribution is -0.384. The van der Waals surface area contributed by atoms with Gasteiger partial charge >= 0.3 is 6.03 Å². The number of likely N-dealkylation sites (N-methyl/N-ethyl adjacent to an activating group) is 1. The molecule has 4 rings (SSSR count). The van der Waals surface area contributed by atoms with E-state index in [2.05, 4.69) is 4.90 Å². The van der Waals surface area contributed by atoms with E-state index in [-0.39, 0.29) is 12.1 Å². The zero-order valence-corrected chi connectivity index (χ0v) is 16.6. The van der Waals surface area contributed by atoms with E-state index < -0.39 is 34.2 Å². The maximum atomic E-state index is 13.4. The number of barbiturate groups is 1. The maximum Gasteiger partial charge on any atom is 0.332 e. The molecule has 3 heterocycles. The van der Waals surface area contributed by atoms with Gasteiger partial charge in [0.05, 0.1) is 11.0 Å². The Balaban J connectivity index is 1.93. The Hall–Kier alpha value is -3.01. The van der Waals surface area contributed by atoms with Crippen molar-refractivity contribution in [2.24, 2.45) is 5.41 Å². The Bertz CT molecular complexity index is 908. The second-order valence-electron chi connectivity index (χ2n) is 8.03. The second kappa shape index (κ2) is 6.51. The number of fused-ring (bicyclic) bond motifs is 4. The summed E-state index contributed by atoms with van der Waals surface area (Å²) in [5.74, 6) is -1.08. The van der Waals surface area contributed by atoms with Crippen LogP contribution in [0.25, 0.3) is 0 Å². The van der Waals surface area contributed by atoms with Crippen LogP contribution in [0.3, 0.4) is 0 Å². The summed E-state index contributed by atoms with van der Waals surface area (Å²) in [5, 5.41) is 11.3. The molecule has 0 aromatic heterocycles. The van der Waals surface area contributed by atoms with Crippen LogP contribution >= 0.6 is 0 Å². The fraction of sp³-hybridized carbons (Fsp3) is 0.526. The van der Waals surface area contributed by atoms with E-state index in [9.17, 15) is 24.5 Å². The lowest BCUT2D eigenvalue weighted by Gasteiger charge is -2.52. The van der Waals surface area contributed by atoms with Crippen molar-refractivity contribution >= 4 is 29.2 Å². The number of benzene rings is 1. The van der Waals surface area contributed by atoms with Gasteiger partial charge in [-0.05, 0) is 31.6 Å². The molecule has 1 aromatic rings. The maximum absolute atomic E-state index is 13.4. The summed E-state index contributed by atoms with van der Waals surface area (Å²) >= 11 is 0. The average molecular weight is 401 g/mol. The summed E-state index contributed by atoms with van der Waals surface area (Å²) in [6.07, 6.45) is 0.606. The number of carbonyl (C=O) groups is 3. The largest absolute Gasteiger partial charge is 0.365 e. The number of hydrogen-bond donors (Lipinski definition) is 0. The molecule has 0 aliphatic carbocycles. The Kier molecular flexibility index (Phi) is 4.34. The van der Waals surface area contributed by atoms with Gasteiger partial charge in [0.15, 0.2) is 5.41 Å². The van der Waals surface area contributed by atoms with Crippen molar-refractivity contribution < 1.29 is 19.3 Å². The van der Waals surface area contributed by atoms with Gasteiger partial charge < -0.3 is 9.80 Å². The van der Waals surface area contributed by atoms with Crippen molar-refractivity contribution in [3.63, 3.8) is 0 Å². The first-order valence-corrected chi connectivity index (χ1v) is 9.51. The smallest absolute Gasteiger partial charge is 0.332 e. The van der Waals surface area contributed by atoms with Crippen LogP contribution in [-0.2, 0) is 16.0 Å². The third-order valence-corrected chi connectivity index (χ3v) is 6.45. The van der Waals surface area contributed by atoms with Crippen LogP contribution in [0.1, 0.15) is 12.0 Å². The highest BCUT2D eigenvalue weighted by molar-refractivity contribution is 6.20. The number of imide groups is 2. The molecule has 3 aliphatic heterocycles. The van der Waals surface area contributed by atoms with Crippen molar-refractivity contribution in [1.29, 1.82) is 0 Å². The van der Waals surface area contributed by atoms with E-state index in [4.69, 9.17) is 0 Å². The SMILES string of the molecule is CN1CC[C@H]2N(CC1)c1ccc([N+](=O)[O-])cc1CC21C(=O)N(C)C(=O)N(C)C1=O. The highest BCUT2D eigenvalue weighted by atomic mass is 16.6. The molecule has 0 bridgehead atoms. The minimum absolute atomic E-state index is 0.0362. The van der Waals surface area contributed by atoms with Gasteiger partial charge in [0, 0.05) is 51.4 Å². The summed E-state index contributed by atoms with van der Waals surface area (Å²) in [6.45, 7) is 2.01. The molecule has 2 fully saturated rings. The van der Waals surface area contributed by atoms with Crippen LogP contribution in [0.2, 0.25) is 0 Å². The summed E-state index contributed by atoms with van der Waals surface area (Å²) in [7, 11) is 4.74. The molecular formula is C19H23N5O5. The van der Waals surface area contributed by atoms with Gasteiger partial charge in [-0.2, -0.15) is 0 Å². The molecule has 2 saturated heterocycles. The molecule has 0 saturated carbocycles. The van der Waals surface area contributed by atoms with Gasteiger partial charge in [-0.3, -0.25) is 29.5 Å². The Morgan fingerprint density at radius 2 is 1.69 bits per heavy atom. The van der Waals surface area contributed by atoms with Gasteiger partial charge in [0.25, 0.3) is 5.69 Å². The van der Waals surface area contributed by atoms with Crippen molar-refractivity contribution in [3.8, 4) is 0 Å². The van der Waals surface area contributed by atoms with Crippen molar-refractivity contribution in [3.05, 3.63) is 33.9 Å². The summed E-state index contributed by atoms with van der Waals surface area (Å²) in [5.41, 5.74) is -0.176. The number of rotatable bonds is 1. The standard InChI is InChI=1S/C19H23N5O5/c1-20-7-6-15-19(16(25)21(2)18(27)22(3)17(19)26)11-12-10-13(24(28)29)4-5-14(12)23(15)9-8-20/h4-5,10,15H,6-9,11H2,1-3H3/t15-/m1/s1. The molecule has 3 aliphatic rings. The topological polar surface area (TPSA) is 107 Å². The molecule has 154 valence electrons. The van der Waals surface area contributed by atoms with E-state index in [1.165, 1.54) is 26.2 Å². The van der Waals surface area contributed by atoms with Crippen molar-refractivity contribution in [1.82, 2.24) is 14.7 Å². The van der Waals surface area contributed by atoms with E-state index >= 15 is 0 Å². The normalized spacial score (nSPS) is 24.4. The molecule has 1 atom stereocenters. The predicted octanol–water partition coefficient (Wildman–Crippen LogP) is 0.698. The number of amides is 4. The van der Waals surface area contributed by atoms with Crippen molar-refractivity contribution in [2.45, 2.75) is 18.9 Å². The predicted molar refractivity (Wildman–Crippen MR) is 103 cm³/mol. The summed E-state index contributed by atoms with van der Waals surface area (Å²) in [4.78, 5) is 56.2. The van der Waals surface area contributed by atoms with E-state index in [0.717, 1.165) is 22.0 Å². The van der Waals surface area contributed by atoms with Crippen LogP contribution in [0.15, 0.2) is 18.2 Å². The van der Waals surface area contributed by atoms with Crippen LogP contribution in [0.5, 0.6) is 0 Å². The Morgan fingerprint density at radius 1 is 1.03 bits per heavy atom. The third kappa shape index (κ3) is 2.62. The Labute approximate surface area is 167 Å². The first-order chi connectivity index (χ1) is 13.7. The number of anilines is 1. The molecule has 0 N–H and O–H groups in total. The van der Waals surface area contributed by atoms with Crippen LogP contribution in [0.4, 0.5) is 16.2 Å². The molecule has 0 radical (unpaired) electrons. The molecule has 1 aromatic carbocycles. The third-order valence-electron chi connectivity index (χ3n) is 6.45. The lowest BCUT2D eigenvalue weighted by Crippen LogP contribution is -2.71. The molecule has 1 spiro atoms. The number of nitro groups is 1. The number of carbonyl (C=O) groups excluding carboxylic acids is 3. The summed E-state index contributed by atoms with van der Waals surface area (Å²) < 4.78 is 0. The van der Waals surface area contributed by atoms with E-state index in [1.807, 2.05) is 11.9 Å². The van der Waals surface area contributed by atoms with Gasteiger partial charge in [0.2, 0.25) is 11.8 Å². The molecule has 4 amide bonds. The molecule has 0 unspecified atom stereocenters. The van der Waals surface area contributed by atoms with Gasteiger partial charge in [-0.15, -0.1) is 0 Å². The van der Waals surface area contributed by atoms with Crippen LogP contribution < -0.4 is 4.90 Å². The highest BCUT2D eigenvalue weighted by Gasteiger charge is 2.63. The molecule has 29 heavy (non-hydrogen) atoms. The number of urea groups is 1. The average Bonchev–Trinajstić information content (AvgIpc) is 2.91. The highest BCUT2D eigenvalue weighted by Crippen LogP contribution is 2.47. The molecule has 10 nitrogen and oxygen atoms in total. The molecular weight excluding hydrogens is 378 g/mol. The van der Waals surface area contributed by atoms with Crippen LogP contribution in [0, 0.1) is 15.5 Å². The number of non-ortho nitro benzene ring substituents is 1. The van der Waals surface area contributed by atoms with Gasteiger partial charge in [0.1, 0.15) is 0 Å². The van der Waals surface area contributed by atoms with Gasteiger partial charge in [-0.1, -0.05) is 0 Å². The number of nitrogens with zero attached hydrogens (tertiary/aromatic N) is 5. The lowest BCUT2D eigenvalue weighted by atomic mass is 9.67. The fourth-order valence-electron chi connectivity index (χ4n) is 4.90. The van der Waals surface area contributed by atoms with Gasteiger partial charge in [-0.25, -0.2) is 4.79 Å². The minimum Gasteiger partial charge on any atom is -0.365 e. The van der Waals surface area contributed by atoms with E-state index in [1.54, 1.807) is 6.07 Å². The fourth-order valence-corrected chi connectivity index (χ4v) is 4.90. The summed E-state index contributed by atoms with van der Waals surface area (Å²) in [6, 6.07) is 3.51. The van der Waals surface area contributed by atoms with Crippen molar-refractivity contribution in [2.75, 3.05) is 45.7 Å². The second-order valence-corrected chi connectivity index (χ2v) is 8.03. The monoisotopic (exact) mass is 401 g/mol. The van der Waals surface area contributed by atoms with Crippen LogP contribution in [-0.4, -0.2) is 84.3 Å². The quantitative estimate of drug-likeness (QED) is 0.387. The first kappa shape index (κ1) is 19.3. The Morgan fingerprint density at radius 3 is 2.31 bits per heavy atom. The minimum atomic E-state index is -1.48. The number of nitro benzene ring substituents is 1. The zero-order valence-electron chi connectivity index (χ0n) is 16.6.